The van der Waals surface area contributed by atoms with Crippen molar-refractivity contribution in [2.45, 2.75) is 0 Å². The molecular weight excluding hydrogens is 530 g/mol. The molecule has 0 fully saturated rings. The summed E-state index contributed by atoms with van der Waals surface area (Å²) in [6.45, 7) is 0. The Hall–Kier alpha value is -3.21. The summed E-state index contributed by atoms with van der Waals surface area (Å²) in [5.74, 6) is 0. The average molecular weight is 546 g/mol. The maximum absolute atomic E-state index is 10.6. The van der Waals surface area contributed by atoms with Gasteiger partial charge < -0.3 is 9.97 Å². The number of hydrogen-bond acceptors (Lipinski definition) is 4. The zero-order valence-corrected chi connectivity index (χ0v) is 17.0. The first-order valence-electron chi connectivity index (χ1n) is 8.20. The fraction of sp³-hybridized carbons (Fsp3) is 0. The summed E-state index contributed by atoms with van der Waals surface area (Å²) in [4.78, 5) is 18.4. The number of pyridine rings is 2. The zero-order chi connectivity index (χ0) is 18.9. The Morgan fingerprint density at radius 3 is 1.89 bits per heavy atom. The zero-order valence-electron chi connectivity index (χ0n) is 14.7. The number of rotatable bonds is 3. The molecule has 5 nitrogen and oxygen atoms in total. The van der Waals surface area contributed by atoms with Gasteiger partial charge in [0.15, 0.2) is 5.69 Å². The van der Waals surface area contributed by atoms with Crippen LogP contribution in [0.15, 0.2) is 91.3 Å². The second-order valence-corrected chi connectivity index (χ2v) is 5.42. The first-order chi connectivity index (χ1) is 13.2. The molecule has 0 bridgehead atoms. The maximum atomic E-state index is 10.6. The molecule has 2 heterocycles. The van der Waals surface area contributed by atoms with E-state index in [1.54, 1.807) is 24.5 Å². The van der Waals surface area contributed by atoms with Crippen molar-refractivity contribution in [2.24, 2.45) is 0 Å². The van der Waals surface area contributed by atoms with Gasteiger partial charge in [-0.2, -0.15) is 0 Å². The smallest absolute Gasteiger partial charge is 0.192 e. The summed E-state index contributed by atoms with van der Waals surface area (Å²) >= 11 is 0. The van der Waals surface area contributed by atoms with Crippen LogP contribution in [0.1, 0.15) is 0 Å². The number of benzene rings is 2. The SMILES string of the molecule is O=[N+]([O-])c1cc[c-]c(-c2ccccn2)c1.[Ir].[c-]1ccccc1-c1ccccn1. The van der Waals surface area contributed by atoms with Gasteiger partial charge in [0.25, 0.3) is 0 Å². The first kappa shape index (κ1) is 21.1. The summed E-state index contributed by atoms with van der Waals surface area (Å²) in [7, 11) is 0. The number of nitro benzene ring substituents is 1. The Morgan fingerprint density at radius 1 is 0.750 bits per heavy atom. The predicted octanol–water partition coefficient (Wildman–Crippen LogP) is 5.00. The summed E-state index contributed by atoms with van der Waals surface area (Å²) < 4.78 is 0. The van der Waals surface area contributed by atoms with Crippen LogP contribution in [0.4, 0.5) is 5.69 Å². The van der Waals surface area contributed by atoms with Gasteiger partial charge in [0.1, 0.15) is 0 Å². The second kappa shape index (κ2) is 10.8. The number of aromatic nitrogens is 2. The van der Waals surface area contributed by atoms with Gasteiger partial charge in [-0.3, -0.25) is 10.1 Å². The van der Waals surface area contributed by atoms with Crippen molar-refractivity contribution in [3.8, 4) is 22.5 Å². The van der Waals surface area contributed by atoms with Crippen LogP contribution < -0.4 is 0 Å². The number of hydrogen-bond donors (Lipinski definition) is 0. The van der Waals surface area contributed by atoms with E-state index < -0.39 is 4.92 Å². The molecule has 0 atom stereocenters. The monoisotopic (exact) mass is 546 g/mol. The molecular formula is C22H15IrN3O2-2. The molecule has 2 aromatic heterocycles. The van der Waals surface area contributed by atoms with Crippen molar-refractivity contribution >= 4 is 5.69 Å². The summed E-state index contributed by atoms with van der Waals surface area (Å²) in [6.07, 6.45) is 3.43. The maximum Gasteiger partial charge on any atom is 0.192 e. The third-order valence-corrected chi connectivity index (χ3v) is 3.59. The van der Waals surface area contributed by atoms with Crippen LogP contribution >= 0.6 is 0 Å². The van der Waals surface area contributed by atoms with Crippen molar-refractivity contribution in [2.75, 3.05) is 0 Å². The van der Waals surface area contributed by atoms with Crippen LogP contribution in [0.2, 0.25) is 0 Å². The largest absolute Gasteiger partial charge is 0.305 e. The normalized spacial score (nSPS) is 9.43. The Labute approximate surface area is 176 Å². The minimum Gasteiger partial charge on any atom is -0.305 e. The van der Waals surface area contributed by atoms with E-state index in [-0.39, 0.29) is 25.8 Å². The molecule has 0 saturated carbocycles. The van der Waals surface area contributed by atoms with E-state index in [0.29, 0.717) is 11.3 Å². The molecule has 4 rings (SSSR count). The van der Waals surface area contributed by atoms with Gasteiger partial charge in [-0.25, -0.2) is 0 Å². The van der Waals surface area contributed by atoms with Crippen LogP contribution in [0.5, 0.6) is 0 Å². The van der Waals surface area contributed by atoms with Gasteiger partial charge in [0.05, 0.1) is 0 Å². The molecule has 0 aliphatic heterocycles. The van der Waals surface area contributed by atoms with Crippen molar-refractivity contribution in [1.82, 2.24) is 9.97 Å². The fourth-order valence-corrected chi connectivity index (χ4v) is 2.31. The van der Waals surface area contributed by atoms with Crippen LogP contribution in [-0.2, 0) is 20.1 Å². The van der Waals surface area contributed by atoms with Gasteiger partial charge in [-0.05, 0) is 23.5 Å². The Morgan fingerprint density at radius 2 is 1.36 bits per heavy atom. The van der Waals surface area contributed by atoms with Gasteiger partial charge in [-0.15, -0.1) is 53.6 Å². The third kappa shape index (κ3) is 5.91. The molecule has 0 N–H and O–H groups in total. The van der Waals surface area contributed by atoms with E-state index in [1.165, 1.54) is 18.2 Å². The Balaban J connectivity index is 0.000000198. The van der Waals surface area contributed by atoms with Gasteiger partial charge in [-0.1, -0.05) is 36.4 Å². The topological polar surface area (TPSA) is 68.9 Å². The molecule has 0 aliphatic carbocycles. The summed E-state index contributed by atoms with van der Waals surface area (Å²) in [6, 6.07) is 29.5. The summed E-state index contributed by atoms with van der Waals surface area (Å²) in [5.41, 5.74) is 3.37. The van der Waals surface area contributed by atoms with E-state index in [1.807, 2.05) is 48.5 Å². The molecule has 0 unspecified atom stereocenters. The van der Waals surface area contributed by atoms with Crippen LogP contribution in [0.3, 0.4) is 0 Å². The Kier molecular flexibility index (Phi) is 8.15. The molecule has 141 valence electrons. The van der Waals surface area contributed by atoms with Crippen molar-refractivity contribution in [3.05, 3.63) is 114 Å². The second-order valence-electron chi connectivity index (χ2n) is 5.42. The first-order valence-corrected chi connectivity index (χ1v) is 8.20. The van der Waals surface area contributed by atoms with Gasteiger partial charge in [0.2, 0.25) is 0 Å². The van der Waals surface area contributed by atoms with Gasteiger partial charge in [0, 0.05) is 37.4 Å². The molecule has 4 aromatic rings. The Bertz CT molecular complexity index is 960. The van der Waals surface area contributed by atoms with Crippen molar-refractivity contribution < 1.29 is 25.0 Å². The number of non-ortho nitro benzene ring substituents is 1. The van der Waals surface area contributed by atoms with Crippen molar-refractivity contribution in [3.63, 3.8) is 0 Å². The standard InChI is InChI=1S/C11H7N2O2.C11H8N.Ir/c14-13(15)10-5-3-4-9(8-10)11-6-1-2-7-12-11;1-2-6-10(7-3-1)11-8-4-5-9-12-11;/h1-3,5-8H;1-6,8-9H;/q2*-1;. The number of nitro groups is 1. The van der Waals surface area contributed by atoms with E-state index in [9.17, 15) is 10.1 Å². The van der Waals surface area contributed by atoms with E-state index in [4.69, 9.17) is 0 Å². The average Bonchev–Trinajstić information content (AvgIpc) is 2.76. The van der Waals surface area contributed by atoms with Gasteiger partial charge >= 0.3 is 0 Å². The van der Waals surface area contributed by atoms with E-state index in [2.05, 4.69) is 22.1 Å². The molecule has 0 aliphatic rings. The van der Waals surface area contributed by atoms with Crippen molar-refractivity contribution in [1.29, 1.82) is 0 Å². The van der Waals surface area contributed by atoms with E-state index in [0.717, 1.165) is 11.3 Å². The molecule has 6 heteroatoms. The molecule has 28 heavy (non-hydrogen) atoms. The third-order valence-electron chi connectivity index (χ3n) is 3.59. The molecule has 1 radical (unpaired) electrons. The molecule has 0 saturated heterocycles. The summed E-state index contributed by atoms with van der Waals surface area (Å²) in [5, 5.41) is 10.6. The molecule has 2 aromatic carbocycles. The minimum absolute atomic E-state index is 0. The van der Waals surface area contributed by atoms with Crippen LogP contribution in [0.25, 0.3) is 22.5 Å². The quantitative estimate of drug-likeness (QED) is 0.206. The minimum atomic E-state index is -0.430. The molecule has 0 spiro atoms. The fourth-order valence-electron chi connectivity index (χ4n) is 2.31. The van der Waals surface area contributed by atoms with E-state index >= 15 is 0 Å². The van der Waals surface area contributed by atoms with Crippen LogP contribution in [-0.4, -0.2) is 14.9 Å². The van der Waals surface area contributed by atoms with Crippen LogP contribution in [0, 0.1) is 22.2 Å². The predicted molar refractivity (Wildman–Crippen MR) is 104 cm³/mol. The number of nitrogens with zero attached hydrogens (tertiary/aromatic N) is 3. The molecule has 0 amide bonds.